The van der Waals surface area contributed by atoms with E-state index in [1.807, 2.05) is 30.7 Å². The zero-order chi connectivity index (χ0) is 24.2. The summed E-state index contributed by atoms with van der Waals surface area (Å²) >= 11 is 0. The molecule has 1 rings (SSSR count). The van der Waals surface area contributed by atoms with Gasteiger partial charge in [0.1, 0.15) is 0 Å². The van der Waals surface area contributed by atoms with Crippen molar-refractivity contribution in [3.8, 4) is 0 Å². The molecule has 0 spiro atoms. The molecule has 179 valence electrons. The Hall–Kier alpha value is -0.0117. The molecule has 30 heavy (non-hydrogen) atoms. The Bertz CT molecular complexity index is 489. The average molecular weight is 584 g/mol. The van der Waals surface area contributed by atoms with Crippen LogP contribution in [0, 0.1) is 13.1 Å². The first-order valence-electron chi connectivity index (χ1n) is 7.91. The Morgan fingerprint density at radius 3 is 1.37 bits per heavy atom. The predicted molar refractivity (Wildman–Crippen MR) is 114 cm³/mol. The molecule has 0 fully saturated rings. The van der Waals surface area contributed by atoms with E-state index in [2.05, 4.69) is 44.6 Å². The fraction of sp³-hybridized carbons (Fsp3) is 0.471. The quantitative estimate of drug-likeness (QED) is 0.0629. The van der Waals surface area contributed by atoms with Crippen LogP contribution in [-0.2, 0) is 35.2 Å². The van der Waals surface area contributed by atoms with Crippen molar-refractivity contribution in [2.24, 2.45) is 0 Å². The van der Waals surface area contributed by atoms with E-state index in [1.165, 1.54) is 12.3 Å². The fourth-order valence-electron chi connectivity index (χ4n) is 0.922. The summed E-state index contributed by atoms with van der Waals surface area (Å²) in [5, 5.41) is 0. The molecule has 0 aliphatic heterocycles. The second kappa shape index (κ2) is 19.7. The molecule has 0 amide bonds. The molecule has 3 nitrogen and oxygen atoms in total. The predicted octanol–water partition coefficient (Wildman–Crippen LogP) is 7.86. The minimum atomic E-state index is -10.7. The number of ether oxygens (including phenoxy) is 1. The van der Waals surface area contributed by atoms with Crippen LogP contribution in [0.1, 0.15) is 6.92 Å². The van der Waals surface area contributed by atoms with Crippen LogP contribution in [0.3, 0.4) is 0 Å². The summed E-state index contributed by atoms with van der Waals surface area (Å²) in [7, 11) is -9.89. The van der Waals surface area contributed by atoms with Crippen LogP contribution in [0.2, 0.25) is 0 Å². The first-order chi connectivity index (χ1) is 12.9. The molecule has 0 aromatic heterocycles. The van der Waals surface area contributed by atoms with Crippen LogP contribution in [-0.4, -0.2) is 51.6 Å². The molecular formula is C17H29F6MoO3P3-. The zero-order valence-corrected chi connectivity index (χ0v) is 22.2. The van der Waals surface area contributed by atoms with E-state index in [0.717, 1.165) is 6.08 Å². The first kappa shape index (κ1) is 40.4. The third kappa shape index (κ3) is 90.7. The number of allylic oxidation sites excluding steroid dienone is 4. The van der Waals surface area contributed by atoms with Gasteiger partial charge in [-0.25, -0.2) is 4.79 Å². The van der Waals surface area contributed by atoms with Crippen LogP contribution in [0.5, 0.6) is 0 Å². The molecule has 0 saturated carbocycles. The molecular weight excluding hydrogens is 555 g/mol. The maximum atomic E-state index is 10.1. The monoisotopic (exact) mass is 586 g/mol. The number of carbonyl (C=O) groups is 1. The van der Waals surface area contributed by atoms with Gasteiger partial charge < -0.3 is 4.74 Å². The van der Waals surface area contributed by atoms with Crippen molar-refractivity contribution >= 4 is 29.6 Å². The first-order valence-corrected chi connectivity index (χ1v) is 14.8. The molecule has 0 aromatic rings. The van der Waals surface area contributed by atoms with E-state index in [9.17, 15) is 30.0 Å². The summed E-state index contributed by atoms with van der Waals surface area (Å²) in [5.74, 6) is -0.359. The van der Waals surface area contributed by atoms with Crippen molar-refractivity contribution in [2.75, 3.05) is 45.6 Å². The van der Waals surface area contributed by atoms with Crippen molar-refractivity contribution in [1.29, 1.82) is 0 Å². The van der Waals surface area contributed by atoms with E-state index in [1.54, 1.807) is 6.92 Å². The molecule has 0 N–H and O–H groups in total. The van der Waals surface area contributed by atoms with Gasteiger partial charge in [0.25, 0.3) is 0 Å². The van der Waals surface area contributed by atoms with Crippen LogP contribution < -0.4 is 0 Å². The summed E-state index contributed by atoms with van der Waals surface area (Å²) < 4.78 is 71.1. The molecule has 0 heterocycles. The van der Waals surface area contributed by atoms with Crippen molar-refractivity contribution < 1.29 is 60.4 Å². The largest absolute Gasteiger partial charge is 0.0767 e. The maximum absolute atomic E-state index is 10.7. The van der Waals surface area contributed by atoms with E-state index in [0.29, 0.717) is 22.5 Å². The molecule has 1 aliphatic carbocycles. The molecule has 1 radical (unpaired) electrons. The Morgan fingerprint density at radius 2 is 1.27 bits per heavy atom. The number of hydrogen-bond donors (Lipinski definition) is 0. The smallest absolute Gasteiger partial charge is 0.00506 e. The third-order valence-corrected chi connectivity index (χ3v) is 4.59. The van der Waals surface area contributed by atoms with Crippen LogP contribution in [0.4, 0.5) is 25.2 Å². The van der Waals surface area contributed by atoms with Crippen molar-refractivity contribution in [2.45, 2.75) is 6.92 Å². The van der Waals surface area contributed by atoms with Crippen molar-refractivity contribution in [1.82, 2.24) is 0 Å². The Balaban J connectivity index is -0.0000000896. The third-order valence-electron chi connectivity index (χ3n) is 2.00. The molecule has 13 heteroatoms. The van der Waals surface area contributed by atoms with Gasteiger partial charge in [0.05, 0.1) is 6.61 Å². The van der Waals surface area contributed by atoms with E-state index in [4.69, 9.17) is 4.65 Å². The molecule has 0 unspecified atom stereocenters. The number of rotatable bonds is 5. The second-order valence-corrected chi connectivity index (χ2v) is 12.6. The summed E-state index contributed by atoms with van der Waals surface area (Å²) in [4.78, 5) is 10.1. The normalized spacial score (nSPS) is 13.2. The minimum Gasteiger partial charge on any atom is -0.0767 e. The summed E-state index contributed by atoms with van der Waals surface area (Å²) in [6.07, 6.45) is 14.1. The SMILES string of the molecule is C=CC(=O)OCC.CP(C)CCP(C)C.F[P-](F)(F)(F)(F)F.[C-]#[O+].[CH]1C=CC=C1.[Mo]. The zero-order valence-electron chi connectivity index (χ0n) is 17.5. The van der Waals surface area contributed by atoms with Crippen LogP contribution in [0.15, 0.2) is 37.0 Å². The van der Waals surface area contributed by atoms with E-state index >= 15 is 0 Å². The maximum Gasteiger partial charge on any atom is 0.00506 e. The molecule has 0 aromatic carbocycles. The summed E-state index contributed by atoms with van der Waals surface area (Å²) in [6.45, 7) is 19.3. The second-order valence-electron chi connectivity index (χ2n) is 5.48. The molecule has 0 atom stereocenters. The number of esters is 1. The van der Waals surface area contributed by atoms with E-state index < -0.39 is 7.81 Å². The Morgan fingerprint density at radius 1 is 0.967 bits per heavy atom. The van der Waals surface area contributed by atoms with Crippen LogP contribution in [0.25, 0.3) is 0 Å². The number of hydrogen-bond acceptors (Lipinski definition) is 2. The Labute approximate surface area is 192 Å². The molecule has 1 aliphatic rings. The van der Waals surface area contributed by atoms with Gasteiger partial charge in [-0.05, 0) is 45.9 Å². The Kier molecular flexibility index (Phi) is 26.4. The molecule has 0 saturated heterocycles. The fourth-order valence-corrected chi connectivity index (χ4v) is 4.12. The van der Waals surface area contributed by atoms with Crippen molar-refractivity contribution in [3.05, 3.63) is 50.0 Å². The standard InChI is InChI=1S/C6H16P2.C5H8O2.C5H5.CO.F6P.Mo/c1-7(2)5-6-8(3)4;1-3-5(6)7-4-2;1-2-4-5-3-1;1-2;1-7(2,3,4,5)6;/h5-6H2,1-4H3;3H,1,4H2,2H3;1-5H;;;/q;;;;-1;. The van der Waals surface area contributed by atoms with Gasteiger partial charge in [-0.1, -0.05) is 30.9 Å². The van der Waals surface area contributed by atoms with Gasteiger partial charge in [-0.3, -0.25) is 0 Å². The average Bonchev–Trinajstić information content (AvgIpc) is 3.12. The van der Waals surface area contributed by atoms with Gasteiger partial charge in [0.2, 0.25) is 0 Å². The van der Waals surface area contributed by atoms with Gasteiger partial charge in [-0.15, -0.1) is 15.8 Å². The number of halogens is 6. The molecule has 0 bridgehead atoms. The van der Waals surface area contributed by atoms with Crippen LogP contribution >= 0.6 is 23.7 Å². The van der Waals surface area contributed by atoms with Gasteiger partial charge in [-0.2, -0.15) is 0 Å². The number of carbonyl (C=O) groups excluding carboxylic acids is 1. The van der Waals surface area contributed by atoms with E-state index in [-0.39, 0.29) is 27.0 Å². The summed E-state index contributed by atoms with van der Waals surface area (Å²) in [5.41, 5.74) is 0. The van der Waals surface area contributed by atoms with Gasteiger partial charge in [0.15, 0.2) is 0 Å². The van der Waals surface area contributed by atoms with Crippen molar-refractivity contribution in [3.63, 3.8) is 0 Å². The topological polar surface area (TPSA) is 46.2 Å². The van der Waals surface area contributed by atoms with Gasteiger partial charge >= 0.3 is 50.3 Å². The minimum absolute atomic E-state index is 0. The van der Waals surface area contributed by atoms with Gasteiger partial charge in [0, 0.05) is 33.6 Å². The summed E-state index contributed by atoms with van der Waals surface area (Å²) in [6, 6.07) is 0.